The van der Waals surface area contributed by atoms with Gasteiger partial charge in [0.25, 0.3) is 0 Å². The highest BCUT2D eigenvalue weighted by atomic mass is 16.5. The average Bonchev–Trinajstić information content (AvgIpc) is 2.44. The smallest absolute Gasteiger partial charge is 0.306 e. The highest BCUT2D eigenvalue weighted by molar-refractivity contribution is 5.71. The molecule has 2 aliphatic heterocycles. The topological polar surface area (TPSA) is 84.6 Å². The van der Waals surface area contributed by atoms with Gasteiger partial charge in [0.05, 0.1) is 5.92 Å². The number of fused-ring (bicyclic) bond motifs is 2. The fraction of sp³-hybridized carbons (Fsp3) is 0.562. The minimum atomic E-state index is -0.790. The minimum absolute atomic E-state index is 0.0355. The van der Waals surface area contributed by atoms with Gasteiger partial charge in [-0.2, -0.15) is 0 Å². The minimum Gasteiger partial charge on any atom is -0.481 e. The van der Waals surface area contributed by atoms with Gasteiger partial charge in [0.2, 0.25) is 0 Å². The quantitative estimate of drug-likeness (QED) is 0.768. The number of nitrogens with one attached hydrogen (secondary N) is 1. The van der Waals surface area contributed by atoms with Crippen LogP contribution < -0.4 is 15.8 Å². The van der Waals surface area contributed by atoms with Crippen LogP contribution in [-0.2, 0) is 4.79 Å². The van der Waals surface area contributed by atoms with Crippen LogP contribution in [-0.4, -0.2) is 29.9 Å². The Morgan fingerprint density at radius 3 is 3.05 bits per heavy atom. The zero-order chi connectivity index (χ0) is 15.2. The molecule has 5 heteroatoms. The number of aryl methyl sites for hydroxylation is 1. The molecule has 3 rings (SSSR count). The maximum Gasteiger partial charge on any atom is 0.306 e. The van der Waals surface area contributed by atoms with Crippen molar-refractivity contribution in [2.24, 2.45) is 17.6 Å². The maximum absolute atomic E-state index is 11.6. The first-order valence-corrected chi connectivity index (χ1v) is 7.44. The Morgan fingerprint density at radius 1 is 1.57 bits per heavy atom. The molecule has 2 aliphatic rings. The van der Waals surface area contributed by atoms with E-state index in [-0.39, 0.29) is 11.8 Å². The summed E-state index contributed by atoms with van der Waals surface area (Å²) in [6.07, 6.45) is 0.688. The van der Waals surface area contributed by atoms with Crippen LogP contribution in [0.5, 0.6) is 5.75 Å². The van der Waals surface area contributed by atoms with Crippen LogP contribution in [0.1, 0.15) is 30.4 Å². The van der Waals surface area contributed by atoms with Crippen LogP contribution in [0, 0.1) is 18.8 Å². The lowest BCUT2D eigenvalue weighted by atomic mass is 9.68. The molecular formula is C16H22N2O3. The number of ether oxygens (including phenoxy) is 1. The number of piperidine rings is 1. The van der Waals surface area contributed by atoms with E-state index in [1.807, 2.05) is 25.1 Å². The fourth-order valence-electron chi connectivity index (χ4n) is 3.67. The van der Waals surface area contributed by atoms with E-state index in [1.165, 1.54) is 0 Å². The summed E-state index contributed by atoms with van der Waals surface area (Å²) in [6, 6.07) is 5.93. The van der Waals surface area contributed by atoms with Gasteiger partial charge in [-0.05, 0) is 18.6 Å². The van der Waals surface area contributed by atoms with Crippen molar-refractivity contribution in [3.8, 4) is 5.75 Å². The molecule has 0 aliphatic carbocycles. The molecule has 1 aromatic rings. The predicted octanol–water partition coefficient (Wildman–Crippen LogP) is 1.46. The molecule has 1 saturated heterocycles. The Balaban J connectivity index is 2.12. The normalized spacial score (nSPS) is 32.5. The van der Waals surface area contributed by atoms with Crippen molar-refractivity contribution < 1.29 is 14.6 Å². The van der Waals surface area contributed by atoms with E-state index in [0.29, 0.717) is 13.0 Å². The zero-order valence-electron chi connectivity index (χ0n) is 12.4. The van der Waals surface area contributed by atoms with Crippen LogP contribution in [0.4, 0.5) is 0 Å². The molecule has 2 heterocycles. The third kappa shape index (κ3) is 2.30. The molecule has 4 atom stereocenters. The monoisotopic (exact) mass is 290 g/mol. The Labute approximate surface area is 124 Å². The molecular weight excluding hydrogens is 268 g/mol. The van der Waals surface area contributed by atoms with Crippen molar-refractivity contribution in [2.45, 2.75) is 31.9 Å². The SMILES string of the molecule is Cc1ccc2c(c1)C(C(C)C(=O)O)C1CNCCC1(N)O2. The van der Waals surface area contributed by atoms with Gasteiger partial charge in [0.15, 0.2) is 5.72 Å². The maximum atomic E-state index is 11.6. The number of nitrogens with two attached hydrogens (primary N) is 1. The summed E-state index contributed by atoms with van der Waals surface area (Å²) >= 11 is 0. The molecule has 114 valence electrons. The van der Waals surface area contributed by atoms with Gasteiger partial charge in [-0.15, -0.1) is 0 Å². The van der Waals surface area contributed by atoms with Crippen LogP contribution in [0.25, 0.3) is 0 Å². The molecule has 5 nitrogen and oxygen atoms in total. The summed E-state index contributed by atoms with van der Waals surface area (Å²) < 4.78 is 6.08. The van der Waals surface area contributed by atoms with Crippen LogP contribution in [0.2, 0.25) is 0 Å². The zero-order valence-corrected chi connectivity index (χ0v) is 12.4. The second-order valence-corrected chi connectivity index (χ2v) is 6.31. The molecule has 4 unspecified atom stereocenters. The summed E-state index contributed by atoms with van der Waals surface area (Å²) in [5.74, 6) is -0.723. The van der Waals surface area contributed by atoms with E-state index in [0.717, 1.165) is 23.4 Å². The molecule has 0 aromatic heterocycles. The second-order valence-electron chi connectivity index (χ2n) is 6.31. The van der Waals surface area contributed by atoms with E-state index in [4.69, 9.17) is 10.5 Å². The molecule has 1 aromatic carbocycles. The highest BCUT2D eigenvalue weighted by Crippen LogP contribution is 2.48. The lowest BCUT2D eigenvalue weighted by Crippen LogP contribution is -2.64. The first-order valence-electron chi connectivity index (χ1n) is 7.44. The number of benzene rings is 1. The first-order chi connectivity index (χ1) is 9.92. The number of carbonyl (C=O) groups is 1. The van der Waals surface area contributed by atoms with Gasteiger partial charge in [0.1, 0.15) is 5.75 Å². The van der Waals surface area contributed by atoms with Gasteiger partial charge < -0.3 is 15.2 Å². The molecule has 0 saturated carbocycles. The number of rotatable bonds is 2. The third-order valence-corrected chi connectivity index (χ3v) is 4.87. The van der Waals surface area contributed by atoms with Crippen molar-refractivity contribution in [2.75, 3.05) is 13.1 Å². The van der Waals surface area contributed by atoms with Gasteiger partial charge in [-0.1, -0.05) is 24.6 Å². The van der Waals surface area contributed by atoms with Crippen LogP contribution in [0.15, 0.2) is 18.2 Å². The average molecular weight is 290 g/mol. The van der Waals surface area contributed by atoms with E-state index in [1.54, 1.807) is 6.92 Å². The van der Waals surface area contributed by atoms with Crippen molar-refractivity contribution >= 4 is 5.97 Å². The van der Waals surface area contributed by atoms with Crippen LogP contribution in [0.3, 0.4) is 0 Å². The summed E-state index contributed by atoms with van der Waals surface area (Å²) in [4.78, 5) is 11.6. The number of carboxylic acid groups (broad SMARTS) is 1. The largest absolute Gasteiger partial charge is 0.481 e. The van der Waals surface area contributed by atoms with Crippen molar-refractivity contribution in [1.82, 2.24) is 5.32 Å². The molecule has 1 fully saturated rings. The van der Waals surface area contributed by atoms with E-state index in [9.17, 15) is 9.90 Å². The molecule has 0 amide bonds. The summed E-state index contributed by atoms with van der Waals surface area (Å²) in [7, 11) is 0. The Bertz CT molecular complexity index is 575. The molecule has 0 spiro atoms. The van der Waals surface area contributed by atoms with Gasteiger partial charge in [-0.25, -0.2) is 0 Å². The summed E-state index contributed by atoms with van der Waals surface area (Å²) in [5, 5.41) is 12.8. The van der Waals surface area contributed by atoms with E-state index in [2.05, 4.69) is 5.32 Å². The molecule has 4 N–H and O–H groups in total. The van der Waals surface area contributed by atoms with Gasteiger partial charge in [-0.3, -0.25) is 10.5 Å². The van der Waals surface area contributed by atoms with Crippen molar-refractivity contribution in [3.05, 3.63) is 29.3 Å². The molecule has 21 heavy (non-hydrogen) atoms. The predicted molar refractivity (Wildman–Crippen MR) is 79.2 cm³/mol. The first kappa shape index (κ1) is 14.4. The fourth-order valence-corrected chi connectivity index (χ4v) is 3.67. The molecule has 0 radical (unpaired) electrons. The number of hydrogen-bond acceptors (Lipinski definition) is 4. The summed E-state index contributed by atoms with van der Waals surface area (Å²) in [6.45, 7) is 5.25. The Kier molecular flexibility index (Phi) is 3.42. The lowest BCUT2D eigenvalue weighted by molar-refractivity contribution is -0.144. The Hall–Kier alpha value is -1.59. The van der Waals surface area contributed by atoms with Gasteiger partial charge >= 0.3 is 5.97 Å². The lowest BCUT2D eigenvalue weighted by Gasteiger charge is -2.50. The van der Waals surface area contributed by atoms with Crippen LogP contribution >= 0.6 is 0 Å². The standard InChI is InChI=1S/C16H22N2O3/c1-9-3-4-13-11(7-9)14(10(2)15(19)20)12-8-18-6-5-16(12,17)21-13/h3-4,7,10,12,14,18H,5-6,8,17H2,1-2H3,(H,19,20). The van der Waals surface area contributed by atoms with Gasteiger partial charge in [0, 0.05) is 31.3 Å². The number of aliphatic carboxylic acids is 1. The second kappa shape index (κ2) is 5.00. The van der Waals surface area contributed by atoms with Crippen molar-refractivity contribution in [1.29, 1.82) is 0 Å². The summed E-state index contributed by atoms with van der Waals surface area (Å²) in [5.41, 5.74) is 7.79. The Morgan fingerprint density at radius 2 is 2.33 bits per heavy atom. The number of hydrogen-bond donors (Lipinski definition) is 3. The van der Waals surface area contributed by atoms with E-state index < -0.39 is 17.6 Å². The molecule has 0 bridgehead atoms. The van der Waals surface area contributed by atoms with E-state index >= 15 is 0 Å². The highest BCUT2D eigenvalue weighted by Gasteiger charge is 2.51. The van der Waals surface area contributed by atoms with Crippen molar-refractivity contribution in [3.63, 3.8) is 0 Å². The number of carboxylic acids is 1. The third-order valence-electron chi connectivity index (χ3n) is 4.87.